The Hall–Kier alpha value is -0.380. The van der Waals surface area contributed by atoms with Crippen molar-refractivity contribution in [1.29, 1.82) is 0 Å². The number of halogens is 1. The van der Waals surface area contributed by atoms with Gasteiger partial charge in [-0.15, -0.1) is 0 Å². The first-order valence-electron chi connectivity index (χ1n) is 8.30. The van der Waals surface area contributed by atoms with Gasteiger partial charge in [-0.2, -0.15) is 0 Å². The summed E-state index contributed by atoms with van der Waals surface area (Å²) in [4.78, 5) is 2.74. The monoisotopic (exact) mass is 350 g/mol. The number of likely N-dealkylation sites (tertiary alicyclic amines) is 1. The maximum absolute atomic E-state index is 6.31. The molecule has 0 spiro atoms. The molecule has 2 nitrogen and oxygen atoms in total. The fourth-order valence-corrected chi connectivity index (χ4v) is 4.76. The van der Waals surface area contributed by atoms with Crippen molar-refractivity contribution in [3.05, 3.63) is 33.8 Å². The minimum Gasteiger partial charge on any atom is -0.329 e. The lowest BCUT2D eigenvalue weighted by Crippen LogP contribution is -2.62. The van der Waals surface area contributed by atoms with Gasteiger partial charge < -0.3 is 5.73 Å². The van der Waals surface area contributed by atoms with Gasteiger partial charge in [-0.25, -0.2) is 0 Å². The predicted octanol–water partition coefficient (Wildman–Crippen LogP) is 3.76. The SMILES string of the molecule is CC1CCCN(C2(CN)CCc3cc(Br)ccc3C2)C1C. The summed E-state index contributed by atoms with van der Waals surface area (Å²) in [6, 6.07) is 7.41. The van der Waals surface area contributed by atoms with Crippen molar-refractivity contribution in [1.82, 2.24) is 4.90 Å². The number of rotatable bonds is 2. The first-order valence-corrected chi connectivity index (χ1v) is 9.09. The number of nitrogens with two attached hydrogens (primary N) is 1. The quantitative estimate of drug-likeness (QED) is 0.879. The van der Waals surface area contributed by atoms with E-state index in [4.69, 9.17) is 5.73 Å². The molecule has 0 bridgehead atoms. The summed E-state index contributed by atoms with van der Waals surface area (Å²) < 4.78 is 1.20. The Morgan fingerprint density at radius 3 is 2.90 bits per heavy atom. The zero-order valence-corrected chi connectivity index (χ0v) is 14.8. The third-order valence-electron chi connectivity index (χ3n) is 5.91. The average molecular weight is 351 g/mol. The van der Waals surface area contributed by atoms with Crippen molar-refractivity contribution in [2.45, 2.75) is 57.5 Å². The first kappa shape index (κ1) is 15.5. The molecule has 0 radical (unpaired) electrons. The highest BCUT2D eigenvalue weighted by molar-refractivity contribution is 9.10. The summed E-state index contributed by atoms with van der Waals surface area (Å²) in [5.41, 5.74) is 9.49. The van der Waals surface area contributed by atoms with E-state index in [9.17, 15) is 0 Å². The van der Waals surface area contributed by atoms with Crippen molar-refractivity contribution in [2.24, 2.45) is 11.7 Å². The van der Waals surface area contributed by atoms with Gasteiger partial charge in [0.05, 0.1) is 0 Å². The molecule has 0 amide bonds. The van der Waals surface area contributed by atoms with E-state index in [-0.39, 0.29) is 5.54 Å². The second-order valence-corrected chi connectivity index (χ2v) is 7.99. The summed E-state index contributed by atoms with van der Waals surface area (Å²) in [5, 5.41) is 0. The van der Waals surface area contributed by atoms with Crippen LogP contribution in [0.3, 0.4) is 0 Å². The summed E-state index contributed by atoms with van der Waals surface area (Å²) in [7, 11) is 0. The fourth-order valence-electron chi connectivity index (χ4n) is 4.35. The van der Waals surface area contributed by atoms with Crippen LogP contribution in [0.5, 0.6) is 0 Å². The van der Waals surface area contributed by atoms with Gasteiger partial charge in [0, 0.05) is 22.6 Å². The maximum Gasteiger partial charge on any atom is 0.0378 e. The van der Waals surface area contributed by atoms with E-state index >= 15 is 0 Å². The van der Waals surface area contributed by atoms with Crippen molar-refractivity contribution >= 4 is 15.9 Å². The van der Waals surface area contributed by atoms with E-state index in [1.807, 2.05) is 0 Å². The van der Waals surface area contributed by atoms with E-state index < -0.39 is 0 Å². The molecule has 1 fully saturated rings. The Morgan fingerprint density at radius 1 is 1.33 bits per heavy atom. The highest BCUT2D eigenvalue weighted by Gasteiger charge is 2.42. The molecule has 1 aromatic carbocycles. The van der Waals surface area contributed by atoms with Gasteiger partial charge in [0.25, 0.3) is 0 Å². The minimum atomic E-state index is 0.176. The van der Waals surface area contributed by atoms with Crippen LogP contribution in [0.25, 0.3) is 0 Å². The molecular formula is C18H27BrN2. The van der Waals surface area contributed by atoms with Crippen LogP contribution in [0.2, 0.25) is 0 Å². The number of piperidine rings is 1. The van der Waals surface area contributed by atoms with E-state index in [2.05, 4.69) is 52.9 Å². The number of hydrogen-bond acceptors (Lipinski definition) is 2. The van der Waals surface area contributed by atoms with Gasteiger partial charge in [0.1, 0.15) is 0 Å². The molecule has 116 valence electrons. The summed E-state index contributed by atoms with van der Waals surface area (Å²) in [5.74, 6) is 0.786. The molecule has 3 rings (SSSR count). The summed E-state index contributed by atoms with van der Waals surface area (Å²) in [6.45, 7) is 6.79. The van der Waals surface area contributed by atoms with Crippen molar-refractivity contribution in [2.75, 3.05) is 13.1 Å². The lowest BCUT2D eigenvalue weighted by molar-refractivity contribution is -0.00414. The van der Waals surface area contributed by atoms with E-state index in [0.29, 0.717) is 6.04 Å². The van der Waals surface area contributed by atoms with Gasteiger partial charge in [-0.1, -0.05) is 28.9 Å². The Labute approximate surface area is 137 Å². The third-order valence-corrected chi connectivity index (χ3v) is 6.40. The highest BCUT2D eigenvalue weighted by atomic mass is 79.9. The van der Waals surface area contributed by atoms with Crippen LogP contribution in [0.15, 0.2) is 22.7 Å². The van der Waals surface area contributed by atoms with Gasteiger partial charge in [-0.3, -0.25) is 4.90 Å². The first-order chi connectivity index (χ1) is 10.1. The topological polar surface area (TPSA) is 29.3 Å². The lowest BCUT2D eigenvalue weighted by atomic mass is 9.74. The Kier molecular flexibility index (Phi) is 4.45. The zero-order valence-electron chi connectivity index (χ0n) is 13.2. The largest absolute Gasteiger partial charge is 0.329 e. The number of fused-ring (bicyclic) bond motifs is 1. The van der Waals surface area contributed by atoms with Crippen LogP contribution in [-0.4, -0.2) is 29.6 Å². The van der Waals surface area contributed by atoms with E-state index in [1.165, 1.54) is 41.4 Å². The molecule has 1 heterocycles. The standard InChI is InChI=1S/C18H27BrN2/c1-13-4-3-9-21(14(13)2)18(12-20)8-7-15-10-17(19)6-5-16(15)11-18/h5-6,10,13-14H,3-4,7-9,11-12,20H2,1-2H3. The van der Waals surface area contributed by atoms with Gasteiger partial charge >= 0.3 is 0 Å². The van der Waals surface area contributed by atoms with Gasteiger partial charge in [-0.05, 0) is 74.8 Å². The molecule has 0 saturated carbocycles. The Bertz CT molecular complexity index is 516. The molecule has 3 atom stereocenters. The van der Waals surface area contributed by atoms with Gasteiger partial charge in [0.2, 0.25) is 0 Å². The smallest absolute Gasteiger partial charge is 0.0378 e. The van der Waals surface area contributed by atoms with Crippen molar-refractivity contribution in [3.8, 4) is 0 Å². The second-order valence-electron chi connectivity index (χ2n) is 7.07. The van der Waals surface area contributed by atoms with E-state index in [1.54, 1.807) is 0 Å². The molecule has 21 heavy (non-hydrogen) atoms. The zero-order chi connectivity index (χ0) is 15.0. The molecule has 1 aliphatic carbocycles. The number of benzene rings is 1. The highest BCUT2D eigenvalue weighted by Crippen LogP contribution is 2.38. The molecule has 2 N–H and O–H groups in total. The third kappa shape index (κ3) is 2.80. The minimum absolute atomic E-state index is 0.176. The second kappa shape index (κ2) is 6.02. The number of hydrogen-bond donors (Lipinski definition) is 1. The summed E-state index contributed by atoms with van der Waals surface area (Å²) >= 11 is 3.59. The van der Waals surface area contributed by atoms with Crippen LogP contribution >= 0.6 is 15.9 Å². The van der Waals surface area contributed by atoms with Crippen LogP contribution in [-0.2, 0) is 12.8 Å². The Balaban J connectivity index is 1.90. The normalized spacial score (nSPS) is 33.7. The predicted molar refractivity (Wildman–Crippen MR) is 92.5 cm³/mol. The number of aryl methyl sites for hydroxylation is 1. The van der Waals surface area contributed by atoms with Crippen molar-refractivity contribution < 1.29 is 0 Å². The molecule has 3 unspecified atom stereocenters. The van der Waals surface area contributed by atoms with E-state index in [0.717, 1.165) is 25.3 Å². The summed E-state index contributed by atoms with van der Waals surface area (Å²) in [6.07, 6.45) is 6.15. The Morgan fingerprint density at radius 2 is 2.14 bits per heavy atom. The van der Waals surface area contributed by atoms with Crippen molar-refractivity contribution in [3.63, 3.8) is 0 Å². The molecule has 1 aliphatic heterocycles. The number of nitrogens with zero attached hydrogens (tertiary/aromatic N) is 1. The molecule has 2 aliphatic rings. The molecular weight excluding hydrogens is 324 g/mol. The molecule has 0 aromatic heterocycles. The lowest BCUT2D eigenvalue weighted by Gasteiger charge is -2.52. The fraction of sp³-hybridized carbons (Fsp3) is 0.667. The van der Waals surface area contributed by atoms with Gasteiger partial charge in [0.15, 0.2) is 0 Å². The van der Waals surface area contributed by atoms with Crippen LogP contribution in [0, 0.1) is 5.92 Å². The van der Waals surface area contributed by atoms with Crippen LogP contribution in [0.4, 0.5) is 0 Å². The molecule has 1 aromatic rings. The molecule has 3 heteroatoms. The average Bonchev–Trinajstić information content (AvgIpc) is 2.49. The molecule has 1 saturated heterocycles. The van der Waals surface area contributed by atoms with Crippen LogP contribution in [0.1, 0.15) is 44.2 Å². The van der Waals surface area contributed by atoms with Crippen LogP contribution < -0.4 is 5.73 Å². The maximum atomic E-state index is 6.31.